The molecule has 0 aliphatic rings. The summed E-state index contributed by atoms with van der Waals surface area (Å²) in [4.78, 5) is 30.3. The second-order valence-electron chi connectivity index (χ2n) is 6.06. The molecular weight excluding hydrogens is 335 g/mol. The molecular formula is C19H23FN4O2. The van der Waals surface area contributed by atoms with Crippen molar-refractivity contribution in [2.75, 3.05) is 33.7 Å². The molecule has 0 aliphatic carbocycles. The van der Waals surface area contributed by atoms with Crippen LogP contribution in [0.5, 0.6) is 0 Å². The number of aromatic nitrogens is 1. The summed E-state index contributed by atoms with van der Waals surface area (Å²) >= 11 is 0. The van der Waals surface area contributed by atoms with Gasteiger partial charge in [-0.05, 0) is 44.3 Å². The van der Waals surface area contributed by atoms with Gasteiger partial charge in [-0.25, -0.2) is 9.37 Å². The van der Waals surface area contributed by atoms with Crippen LogP contribution in [0.15, 0.2) is 42.5 Å². The molecule has 7 heteroatoms. The van der Waals surface area contributed by atoms with Gasteiger partial charge < -0.3 is 15.5 Å². The number of hydrogen-bond acceptors (Lipinski definition) is 4. The van der Waals surface area contributed by atoms with Gasteiger partial charge in [0.25, 0.3) is 11.8 Å². The van der Waals surface area contributed by atoms with E-state index in [0.29, 0.717) is 25.1 Å². The molecule has 0 fully saturated rings. The molecule has 0 spiro atoms. The van der Waals surface area contributed by atoms with E-state index in [-0.39, 0.29) is 29.7 Å². The third-order valence-corrected chi connectivity index (χ3v) is 3.70. The van der Waals surface area contributed by atoms with Gasteiger partial charge in [0.05, 0.1) is 0 Å². The van der Waals surface area contributed by atoms with Gasteiger partial charge in [-0.15, -0.1) is 0 Å². The summed E-state index contributed by atoms with van der Waals surface area (Å²) in [6.45, 7) is 1.48. The minimum absolute atomic E-state index is 0.152. The lowest BCUT2D eigenvalue weighted by Gasteiger charge is -2.10. The molecule has 0 radical (unpaired) electrons. The number of nitrogens with one attached hydrogen (secondary N) is 2. The Morgan fingerprint density at radius 1 is 0.962 bits per heavy atom. The van der Waals surface area contributed by atoms with Crippen LogP contribution in [0.1, 0.15) is 26.5 Å². The van der Waals surface area contributed by atoms with Crippen molar-refractivity contribution in [3.8, 4) is 0 Å². The van der Waals surface area contributed by atoms with E-state index in [1.165, 1.54) is 12.1 Å². The molecule has 0 saturated heterocycles. The molecule has 1 aromatic carbocycles. The van der Waals surface area contributed by atoms with E-state index >= 15 is 0 Å². The van der Waals surface area contributed by atoms with Crippen LogP contribution in [0.25, 0.3) is 0 Å². The van der Waals surface area contributed by atoms with E-state index in [1.54, 1.807) is 30.3 Å². The summed E-state index contributed by atoms with van der Waals surface area (Å²) in [5.74, 6) is -1.02. The van der Waals surface area contributed by atoms with E-state index < -0.39 is 5.91 Å². The average Bonchev–Trinajstić information content (AvgIpc) is 2.63. The Morgan fingerprint density at radius 3 is 2.19 bits per heavy atom. The average molecular weight is 358 g/mol. The monoisotopic (exact) mass is 358 g/mol. The van der Waals surface area contributed by atoms with Crippen molar-refractivity contribution in [3.05, 3.63) is 65.2 Å². The number of carbonyl (C=O) groups excluding carboxylic acids is 2. The lowest BCUT2D eigenvalue weighted by atomic mass is 10.1. The van der Waals surface area contributed by atoms with E-state index in [0.717, 1.165) is 0 Å². The molecule has 26 heavy (non-hydrogen) atoms. The third-order valence-electron chi connectivity index (χ3n) is 3.70. The first kappa shape index (κ1) is 19.5. The van der Waals surface area contributed by atoms with E-state index in [4.69, 9.17) is 0 Å². The highest BCUT2D eigenvalue weighted by atomic mass is 19.1. The Balaban J connectivity index is 1.89. The quantitative estimate of drug-likeness (QED) is 0.750. The van der Waals surface area contributed by atoms with Crippen molar-refractivity contribution in [3.63, 3.8) is 0 Å². The Hall–Kier alpha value is -2.80. The fraction of sp³-hybridized carbons (Fsp3) is 0.316. The molecule has 6 nitrogen and oxygen atoms in total. The van der Waals surface area contributed by atoms with Crippen molar-refractivity contribution < 1.29 is 14.0 Å². The predicted molar refractivity (Wildman–Crippen MR) is 97.6 cm³/mol. The molecule has 0 aliphatic heterocycles. The number of pyridine rings is 1. The van der Waals surface area contributed by atoms with Crippen LogP contribution in [0, 0.1) is 5.82 Å². The summed E-state index contributed by atoms with van der Waals surface area (Å²) in [5, 5.41) is 5.44. The molecule has 2 amide bonds. The van der Waals surface area contributed by atoms with Crippen molar-refractivity contribution >= 4 is 11.8 Å². The molecule has 2 rings (SSSR count). The molecule has 2 N–H and O–H groups in total. The van der Waals surface area contributed by atoms with Crippen LogP contribution in [0.3, 0.4) is 0 Å². The number of hydrogen-bond donors (Lipinski definition) is 2. The number of carbonyl (C=O) groups is 2. The van der Waals surface area contributed by atoms with Crippen LogP contribution in [-0.2, 0) is 6.42 Å². The summed E-state index contributed by atoms with van der Waals surface area (Å²) in [7, 11) is 3.83. The lowest BCUT2D eigenvalue weighted by molar-refractivity contribution is 0.0943. The summed E-state index contributed by atoms with van der Waals surface area (Å²) in [5.41, 5.74) is 0.874. The van der Waals surface area contributed by atoms with Crippen molar-refractivity contribution in [1.29, 1.82) is 0 Å². The minimum atomic E-state index is -0.399. The van der Waals surface area contributed by atoms with Crippen molar-refractivity contribution in [2.45, 2.75) is 6.42 Å². The first-order valence-corrected chi connectivity index (χ1v) is 8.39. The second kappa shape index (κ2) is 9.62. The van der Waals surface area contributed by atoms with Gasteiger partial charge in [-0.2, -0.15) is 0 Å². The van der Waals surface area contributed by atoms with E-state index in [9.17, 15) is 14.0 Å². The number of halogens is 1. The van der Waals surface area contributed by atoms with Gasteiger partial charge in [-0.1, -0.05) is 24.3 Å². The molecule has 1 heterocycles. The Morgan fingerprint density at radius 2 is 1.58 bits per heavy atom. The topological polar surface area (TPSA) is 74.3 Å². The Kier molecular flexibility index (Phi) is 7.23. The zero-order valence-corrected chi connectivity index (χ0v) is 15.0. The highest BCUT2D eigenvalue weighted by molar-refractivity contribution is 5.96. The number of rotatable bonds is 8. The van der Waals surface area contributed by atoms with Crippen LogP contribution in [-0.4, -0.2) is 55.4 Å². The Bertz CT molecular complexity index is 765. The number of nitrogens with zero attached hydrogens (tertiary/aromatic N) is 2. The van der Waals surface area contributed by atoms with Gasteiger partial charge in [0, 0.05) is 19.6 Å². The van der Waals surface area contributed by atoms with Crippen LogP contribution in [0.4, 0.5) is 4.39 Å². The van der Waals surface area contributed by atoms with Gasteiger partial charge in [0.15, 0.2) is 0 Å². The highest BCUT2D eigenvalue weighted by Gasteiger charge is 2.12. The van der Waals surface area contributed by atoms with Crippen LogP contribution < -0.4 is 10.6 Å². The fourth-order valence-electron chi connectivity index (χ4n) is 2.27. The van der Waals surface area contributed by atoms with Gasteiger partial charge >= 0.3 is 0 Å². The SMILES string of the molecule is CN(C)CCNC(=O)c1cccc(C(=O)NCCc2ccccc2F)n1. The van der Waals surface area contributed by atoms with Gasteiger partial charge in [-0.3, -0.25) is 9.59 Å². The zero-order valence-electron chi connectivity index (χ0n) is 15.0. The van der Waals surface area contributed by atoms with Gasteiger partial charge in [0.2, 0.25) is 0 Å². The standard InChI is InChI=1S/C19H23FN4O2/c1-24(2)13-12-22-19(26)17-9-5-8-16(23-17)18(25)21-11-10-14-6-3-4-7-15(14)20/h3-9H,10-13H2,1-2H3,(H,21,25)(H,22,26). The maximum atomic E-state index is 13.6. The lowest BCUT2D eigenvalue weighted by Crippen LogP contribution is -2.32. The summed E-state index contributed by atoms with van der Waals surface area (Å²) < 4.78 is 13.6. The fourth-order valence-corrected chi connectivity index (χ4v) is 2.27. The van der Waals surface area contributed by atoms with E-state index in [1.807, 2.05) is 19.0 Å². The third kappa shape index (κ3) is 5.93. The minimum Gasteiger partial charge on any atom is -0.350 e. The van der Waals surface area contributed by atoms with E-state index in [2.05, 4.69) is 15.6 Å². The largest absolute Gasteiger partial charge is 0.350 e. The van der Waals surface area contributed by atoms with Crippen LogP contribution in [0.2, 0.25) is 0 Å². The van der Waals surface area contributed by atoms with Crippen molar-refractivity contribution in [2.24, 2.45) is 0 Å². The maximum absolute atomic E-state index is 13.6. The summed E-state index contributed by atoms with van der Waals surface area (Å²) in [6, 6.07) is 11.1. The molecule has 0 bridgehead atoms. The van der Waals surface area contributed by atoms with Crippen LogP contribution >= 0.6 is 0 Å². The molecule has 0 saturated carbocycles. The summed E-state index contributed by atoms with van der Waals surface area (Å²) in [6.07, 6.45) is 0.378. The Labute approximate surface area is 152 Å². The zero-order chi connectivity index (χ0) is 18.9. The molecule has 0 unspecified atom stereocenters. The van der Waals surface area contributed by atoms with Crippen molar-refractivity contribution in [1.82, 2.24) is 20.5 Å². The molecule has 1 aromatic heterocycles. The molecule has 0 atom stereocenters. The molecule has 2 aromatic rings. The number of likely N-dealkylation sites (N-methyl/N-ethyl adjacent to an activating group) is 1. The second-order valence-corrected chi connectivity index (χ2v) is 6.06. The number of amides is 2. The first-order valence-electron chi connectivity index (χ1n) is 8.39. The smallest absolute Gasteiger partial charge is 0.269 e. The molecule has 138 valence electrons. The maximum Gasteiger partial charge on any atom is 0.269 e. The number of benzene rings is 1. The normalized spacial score (nSPS) is 10.6. The predicted octanol–water partition coefficient (Wildman–Crippen LogP) is 1.48. The first-order chi connectivity index (χ1) is 12.5. The highest BCUT2D eigenvalue weighted by Crippen LogP contribution is 2.06. The van der Waals surface area contributed by atoms with Gasteiger partial charge in [0.1, 0.15) is 17.2 Å².